The summed E-state index contributed by atoms with van der Waals surface area (Å²) in [5.74, 6) is 1.99. The van der Waals surface area contributed by atoms with E-state index in [0.717, 1.165) is 10.4 Å². The molecule has 4 aromatic rings. The number of carbonyl (C=O) groups is 1. The minimum absolute atomic E-state index is 0.386. The Hall–Kier alpha value is -3.85. The number of amides is 2. The van der Waals surface area contributed by atoms with Crippen LogP contribution in [0.2, 0.25) is 0 Å². The highest BCUT2D eigenvalue weighted by Crippen LogP contribution is 2.34. The molecule has 158 valence electrons. The van der Waals surface area contributed by atoms with E-state index >= 15 is 0 Å². The zero-order valence-corrected chi connectivity index (χ0v) is 17.7. The first-order valence-corrected chi connectivity index (χ1v) is 10.3. The van der Waals surface area contributed by atoms with Gasteiger partial charge in [-0.1, -0.05) is 35.5 Å². The van der Waals surface area contributed by atoms with Gasteiger partial charge in [0.1, 0.15) is 0 Å². The molecule has 0 saturated carbocycles. The second-order valence-electron chi connectivity index (χ2n) is 6.44. The van der Waals surface area contributed by atoms with Gasteiger partial charge in [-0.15, -0.1) is 11.3 Å². The molecule has 0 saturated heterocycles. The molecule has 0 aliphatic heterocycles. The molecule has 0 unspecified atom stereocenters. The minimum atomic E-state index is -0.413. The van der Waals surface area contributed by atoms with Crippen molar-refractivity contribution < 1.29 is 18.8 Å². The summed E-state index contributed by atoms with van der Waals surface area (Å²) in [6, 6.07) is 16.2. The quantitative estimate of drug-likeness (QED) is 0.421. The van der Waals surface area contributed by atoms with Crippen molar-refractivity contribution in [3.05, 3.63) is 71.4 Å². The maximum atomic E-state index is 12.6. The van der Waals surface area contributed by atoms with Gasteiger partial charge in [0.25, 0.3) is 0 Å². The molecular formula is C22H20N4O4S. The van der Waals surface area contributed by atoms with Crippen LogP contribution in [-0.2, 0) is 6.42 Å². The summed E-state index contributed by atoms with van der Waals surface area (Å²) < 4.78 is 16.0. The van der Waals surface area contributed by atoms with Crippen molar-refractivity contribution in [3.63, 3.8) is 0 Å². The zero-order chi connectivity index (χ0) is 21.6. The summed E-state index contributed by atoms with van der Waals surface area (Å²) in [6.45, 7) is 0. The largest absolute Gasteiger partial charge is 0.493 e. The molecule has 2 N–H and O–H groups in total. The standard InChI is InChI=1S/C22H20N4O4S/c1-28-17-10-5-9-16(20(17)29-2)24-22(27)23-15-8-4-3-7-14(15)13-19-25-21(26-30-19)18-11-6-12-31-18/h3-12H,13H2,1-2H3,(H2,23,24,27). The van der Waals surface area contributed by atoms with Gasteiger partial charge in [0, 0.05) is 5.69 Å². The minimum Gasteiger partial charge on any atom is -0.493 e. The summed E-state index contributed by atoms with van der Waals surface area (Å²) in [6.07, 6.45) is 0.386. The number of para-hydroxylation sites is 2. The number of urea groups is 1. The van der Waals surface area contributed by atoms with Crippen LogP contribution < -0.4 is 20.1 Å². The van der Waals surface area contributed by atoms with Gasteiger partial charge in [-0.2, -0.15) is 4.98 Å². The number of anilines is 2. The van der Waals surface area contributed by atoms with Gasteiger partial charge in [0.2, 0.25) is 11.7 Å². The van der Waals surface area contributed by atoms with Crippen molar-refractivity contribution in [2.45, 2.75) is 6.42 Å². The molecule has 2 heterocycles. The number of nitrogens with one attached hydrogen (secondary N) is 2. The first-order valence-electron chi connectivity index (χ1n) is 9.41. The van der Waals surface area contributed by atoms with E-state index in [0.29, 0.717) is 41.0 Å². The molecule has 4 rings (SSSR count). The van der Waals surface area contributed by atoms with Gasteiger partial charge >= 0.3 is 6.03 Å². The van der Waals surface area contributed by atoms with Crippen molar-refractivity contribution >= 4 is 28.7 Å². The van der Waals surface area contributed by atoms with Gasteiger partial charge in [-0.3, -0.25) is 0 Å². The normalized spacial score (nSPS) is 10.5. The topological polar surface area (TPSA) is 98.5 Å². The summed E-state index contributed by atoms with van der Waals surface area (Å²) in [5.41, 5.74) is 1.98. The van der Waals surface area contributed by atoms with Crippen LogP contribution in [0.3, 0.4) is 0 Å². The Morgan fingerprint density at radius 1 is 1.00 bits per heavy atom. The van der Waals surface area contributed by atoms with E-state index < -0.39 is 6.03 Å². The fraction of sp³-hybridized carbons (Fsp3) is 0.136. The van der Waals surface area contributed by atoms with Crippen molar-refractivity contribution in [2.24, 2.45) is 0 Å². The van der Waals surface area contributed by atoms with E-state index in [1.54, 1.807) is 36.6 Å². The molecule has 0 bridgehead atoms. The number of hydrogen-bond donors (Lipinski definition) is 2. The fourth-order valence-corrected chi connectivity index (χ4v) is 3.70. The van der Waals surface area contributed by atoms with Crippen LogP contribution in [0.5, 0.6) is 11.5 Å². The average Bonchev–Trinajstić information content (AvgIpc) is 3.47. The van der Waals surface area contributed by atoms with Crippen LogP contribution in [-0.4, -0.2) is 30.4 Å². The molecule has 0 radical (unpaired) electrons. The number of benzene rings is 2. The van der Waals surface area contributed by atoms with Crippen molar-refractivity contribution in [2.75, 3.05) is 24.9 Å². The van der Waals surface area contributed by atoms with E-state index in [9.17, 15) is 4.79 Å². The van der Waals surface area contributed by atoms with Crippen LogP contribution >= 0.6 is 11.3 Å². The predicted octanol–water partition coefficient (Wildman–Crippen LogP) is 5.05. The lowest BCUT2D eigenvalue weighted by atomic mass is 10.1. The van der Waals surface area contributed by atoms with Crippen LogP contribution in [0.1, 0.15) is 11.5 Å². The maximum absolute atomic E-state index is 12.6. The molecule has 2 amide bonds. The fourth-order valence-electron chi connectivity index (χ4n) is 3.05. The molecule has 0 aliphatic rings. The Bertz CT molecular complexity index is 1170. The lowest BCUT2D eigenvalue weighted by molar-refractivity contribution is 0.262. The third-order valence-corrected chi connectivity index (χ3v) is 5.33. The highest BCUT2D eigenvalue weighted by Gasteiger charge is 2.15. The van der Waals surface area contributed by atoms with Gasteiger partial charge in [0.05, 0.1) is 31.2 Å². The summed E-state index contributed by atoms with van der Waals surface area (Å²) >= 11 is 1.54. The third-order valence-electron chi connectivity index (χ3n) is 4.47. The molecule has 31 heavy (non-hydrogen) atoms. The number of rotatable bonds is 7. The Labute approximate surface area is 182 Å². The van der Waals surface area contributed by atoms with E-state index in [4.69, 9.17) is 14.0 Å². The molecule has 0 fully saturated rings. The van der Waals surface area contributed by atoms with Gasteiger partial charge in [0.15, 0.2) is 11.5 Å². The van der Waals surface area contributed by atoms with Crippen molar-refractivity contribution in [1.82, 2.24) is 10.1 Å². The average molecular weight is 436 g/mol. The molecule has 9 heteroatoms. The maximum Gasteiger partial charge on any atom is 0.323 e. The summed E-state index contributed by atoms with van der Waals surface area (Å²) in [7, 11) is 3.06. The molecular weight excluding hydrogens is 416 g/mol. The first-order chi connectivity index (χ1) is 15.2. The van der Waals surface area contributed by atoms with Crippen LogP contribution in [0.4, 0.5) is 16.2 Å². The number of ether oxygens (including phenoxy) is 2. The molecule has 2 aromatic carbocycles. The monoisotopic (exact) mass is 436 g/mol. The van der Waals surface area contributed by atoms with Gasteiger partial charge in [-0.25, -0.2) is 4.79 Å². The zero-order valence-electron chi connectivity index (χ0n) is 16.9. The van der Waals surface area contributed by atoms with Crippen LogP contribution in [0.25, 0.3) is 10.7 Å². The predicted molar refractivity (Wildman–Crippen MR) is 119 cm³/mol. The SMILES string of the molecule is COc1cccc(NC(=O)Nc2ccccc2Cc2nc(-c3cccs3)no2)c1OC. The Morgan fingerprint density at radius 3 is 2.58 bits per heavy atom. The third kappa shape index (κ3) is 4.67. The van der Waals surface area contributed by atoms with Gasteiger partial charge < -0.3 is 24.6 Å². The lowest BCUT2D eigenvalue weighted by Gasteiger charge is -2.15. The van der Waals surface area contributed by atoms with Crippen LogP contribution in [0.15, 0.2) is 64.5 Å². The first kappa shape index (κ1) is 20.4. The van der Waals surface area contributed by atoms with Crippen molar-refractivity contribution in [3.8, 4) is 22.2 Å². The highest BCUT2D eigenvalue weighted by atomic mass is 32.1. The molecule has 8 nitrogen and oxygen atoms in total. The number of hydrogen-bond acceptors (Lipinski definition) is 7. The van der Waals surface area contributed by atoms with Gasteiger partial charge in [-0.05, 0) is 35.2 Å². The highest BCUT2D eigenvalue weighted by molar-refractivity contribution is 7.13. The number of methoxy groups -OCH3 is 2. The van der Waals surface area contributed by atoms with E-state index in [1.807, 2.05) is 41.8 Å². The number of aromatic nitrogens is 2. The summed E-state index contributed by atoms with van der Waals surface area (Å²) in [4.78, 5) is 18.0. The van der Waals surface area contributed by atoms with Crippen molar-refractivity contribution in [1.29, 1.82) is 0 Å². The van der Waals surface area contributed by atoms with E-state index in [1.165, 1.54) is 7.11 Å². The number of nitrogens with zero attached hydrogens (tertiary/aromatic N) is 2. The second kappa shape index (κ2) is 9.31. The molecule has 0 aliphatic carbocycles. The number of thiophene rings is 1. The van der Waals surface area contributed by atoms with E-state index in [-0.39, 0.29) is 0 Å². The number of carbonyl (C=O) groups excluding carboxylic acids is 1. The lowest BCUT2D eigenvalue weighted by Crippen LogP contribution is -2.20. The Morgan fingerprint density at radius 2 is 1.81 bits per heavy atom. The smallest absolute Gasteiger partial charge is 0.323 e. The second-order valence-corrected chi connectivity index (χ2v) is 7.39. The molecule has 2 aromatic heterocycles. The Balaban J connectivity index is 1.49. The van der Waals surface area contributed by atoms with Crippen LogP contribution in [0, 0.1) is 0 Å². The molecule has 0 spiro atoms. The Kier molecular flexibility index (Phi) is 6.13. The van der Waals surface area contributed by atoms with E-state index in [2.05, 4.69) is 20.8 Å². The summed E-state index contributed by atoms with van der Waals surface area (Å²) in [5, 5.41) is 11.7. The molecule has 0 atom stereocenters.